The fraction of sp³-hybridized carbons (Fsp3) is 0.167. The van der Waals surface area contributed by atoms with Crippen molar-refractivity contribution in [3.63, 3.8) is 0 Å². The van der Waals surface area contributed by atoms with Crippen molar-refractivity contribution < 1.29 is 0 Å². The number of aryl methyl sites for hydroxylation is 1. The molecule has 18 heavy (non-hydrogen) atoms. The second kappa shape index (κ2) is 3.85. The van der Waals surface area contributed by atoms with Gasteiger partial charge in [-0.05, 0) is 19.1 Å². The molecule has 2 heterocycles. The van der Waals surface area contributed by atoms with Crippen molar-refractivity contribution in [1.29, 1.82) is 0 Å². The van der Waals surface area contributed by atoms with Gasteiger partial charge in [0.15, 0.2) is 5.96 Å². The van der Waals surface area contributed by atoms with Gasteiger partial charge in [0.2, 0.25) is 0 Å². The van der Waals surface area contributed by atoms with Crippen molar-refractivity contribution in [3.8, 4) is 5.69 Å². The predicted molar refractivity (Wildman–Crippen MR) is 70.5 cm³/mol. The average molecular weight is 242 g/mol. The first-order valence-corrected chi connectivity index (χ1v) is 5.65. The highest BCUT2D eigenvalue weighted by Crippen LogP contribution is 2.27. The van der Waals surface area contributed by atoms with Gasteiger partial charge < -0.3 is 16.8 Å². The summed E-state index contributed by atoms with van der Waals surface area (Å²) in [7, 11) is 0. The topological polar surface area (TPSA) is 94.2 Å². The summed E-state index contributed by atoms with van der Waals surface area (Å²) < 4.78 is 1.91. The van der Waals surface area contributed by atoms with Crippen LogP contribution in [0.5, 0.6) is 0 Å². The maximum absolute atomic E-state index is 5.87. The summed E-state index contributed by atoms with van der Waals surface area (Å²) in [6.07, 6.45) is 1.21. The van der Waals surface area contributed by atoms with Crippen LogP contribution in [0, 0.1) is 6.92 Å². The van der Waals surface area contributed by atoms with Crippen LogP contribution in [0.4, 0.5) is 5.82 Å². The third-order valence-electron chi connectivity index (χ3n) is 2.91. The minimum absolute atomic E-state index is 0.309. The second-order valence-electron chi connectivity index (χ2n) is 4.27. The number of nitrogens with zero attached hydrogens (tertiary/aromatic N) is 3. The molecule has 1 unspecified atom stereocenters. The standard InChI is InChI=1S/C12H14N6/c1-7-2-4-8(5-3-7)18-6-15-9-10(13)16-12(14)17-11(9)18/h2-6,10H,13H2,1H3,(H3,14,16,17). The zero-order valence-corrected chi connectivity index (χ0v) is 9.96. The quantitative estimate of drug-likeness (QED) is 0.691. The van der Waals surface area contributed by atoms with Gasteiger partial charge in [-0.2, -0.15) is 0 Å². The van der Waals surface area contributed by atoms with Crippen molar-refractivity contribution >= 4 is 11.8 Å². The van der Waals surface area contributed by atoms with Gasteiger partial charge in [-0.3, -0.25) is 4.57 Å². The first kappa shape index (κ1) is 10.8. The van der Waals surface area contributed by atoms with E-state index in [9.17, 15) is 0 Å². The summed E-state index contributed by atoms with van der Waals surface area (Å²) in [4.78, 5) is 8.31. The van der Waals surface area contributed by atoms with E-state index in [-0.39, 0.29) is 0 Å². The average Bonchev–Trinajstić information content (AvgIpc) is 2.74. The Kier molecular flexibility index (Phi) is 2.31. The zero-order chi connectivity index (χ0) is 12.7. The van der Waals surface area contributed by atoms with Crippen LogP contribution in [0.3, 0.4) is 0 Å². The molecule has 2 aromatic rings. The van der Waals surface area contributed by atoms with E-state index in [1.54, 1.807) is 6.33 Å². The molecule has 1 atom stereocenters. The Labute approximate surface area is 104 Å². The Morgan fingerprint density at radius 2 is 2.00 bits per heavy atom. The van der Waals surface area contributed by atoms with Crippen LogP contribution in [0.1, 0.15) is 17.4 Å². The van der Waals surface area contributed by atoms with Crippen molar-refractivity contribution in [1.82, 2.24) is 9.55 Å². The molecule has 1 aromatic carbocycles. The van der Waals surface area contributed by atoms with E-state index in [0.29, 0.717) is 11.7 Å². The lowest BCUT2D eigenvalue weighted by molar-refractivity contribution is 0.741. The van der Waals surface area contributed by atoms with E-state index in [4.69, 9.17) is 11.5 Å². The molecule has 5 N–H and O–H groups in total. The van der Waals surface area contributed by atoms with E-state index in [1.807, 2.05) is 35.8 Å². The summed E-state index contributed by atoms with van der Waals surface area (Å²) >= 11 is 0. The Morgan fingerprint density at radius 1 is 1.28 bits per heavy atom. The van der Waals surface area contributed by atoms with Gasteiger partial charge in [0, 0.05) is 5.69 Å². The fourth-order valence-electron chi connectivity index (χ4n) is 1.97. The fourth-order valence-corrected chi connectivity index (χ4v) is 1.97. The van der Waals surface area contributed by atoms with Crippen LogP contribution in [0.25, 0.3) is 5.69 Å². The van der Waals surface area contributed by atoms with Gasteiger partial charge in [-0.25, -0.2) is 9.98 Å². The number of aromatic nitrogens is 2. The molecule has 1 aliphatic rings. The Morgan fingerprint density at radius 3 is 2.72 bits per heavy atom. The monoisotopic (exact) mass is 242 g/mol. The zero-order valence-electron chi connectivity index (χ0n) is 9.96. The number of anilines is 1. The molecule has 0 radical (unpaired) electrons. The number of nitrogens with two attached hydrogens (primary N) is 2. The van der Waals surface area contributed by atoms with Crippen LogP contribution in [0.2, 0.25) is 0 Å². The summed E-state index contributed by atoms with van der Waals surface area (Å²) in [5, 5.41) is 3.00. The smallest absolute Gasteiger partial charge is 0.196 e. The molecule has 0 spiro atoms. The van der Waals surface area contributed by atoms with E-state index in [0.717, 1.165) is 11.5 Å². The highest BCUT2D eigenvalue weighted by atomic mass is 15.3. The van der Waals surface area contributed by atoms with Gasteiger partial charge in [-0.15, -0.1) is 0 Å². The van der Waals surface area contributed by atoms with Gasteiger partial charge in [0.05, 0.1) is 0 Å². The number of hydrogen-bond donors (Lipinski definition) is 3. The molecule has 0 saturated carbocycles. The van der Waals surface area contributed by atoms with Crippen LogP contribution >= 0.6 is 0 Å². The lowest BCUT2D eigenvalue weighted by atomic mass is 10.2. The van der Waals surface area contributed by atoms with Crippen LogP contribution in [-0.4, -0.2) is 15.5 Å². The lowest BCUT2D eigenvalue weighted by Crippen LogP contribution is -2.31. The molecule has 0 saturated heterocycles. The molecular formula is C12H14N6. The molecule has 3 rings (SSSR count). The Balaban J connectivity index is 2.09. The first-order valence-electron chi connectivity index (χ1n) is 5.65. The van der Waals surface area contributed by atoms with Crippen molar-refractivity contribution in [2.75, 3.05) is 5.32 Å². The van der Waals surface area contributed by atoms with E-state index in [1.165, 1.54) is 5.56 Å². The molecule has 6 heteroatoms. The van der Waals surface area contributed by atoms with E-state index >= 15 is 0 Å². The maximum atomic E-state index is 5.87. The first-order chi connectivity index (χ1) is 8.65. The minimum Gasteiger partial charge on any atom is -0.370 e. The predicted octanol–water partition coefficient (Wildman–Crippen LogP) is 0.878. The van der Waals surface area contributed by atoms with Gasteiger partial charge in [0.1, 0.15) is 24.0 Å². The van der Waals surface area contributed by atoms with Crippen LogP contribution < -0.4 is 16.8 Å². The number of nitrogens with one attached hydrogen (secondary N) is 1. The minimum atomic E-state index is -0.507. The second-order valence-corrected chi connectivity index (χ2v) is 4.27. The molecule has 1 aromatic heterocycles. The summed E-state index contributed by atoms with van der Waals surface area (Å²) in [5.74, 6) is 1.09. The van der Waals surface area contributed by atoms with Crippen molar-refractivity contribution in [2.45, 2.75) is 13.1 Å². The summed E-state index contributed by atoms with van der Waals surface area (Å²) in [6, 6.07) is 8.13. The number of fused-ring (bicyclic) bond motifs is 1. The number of benzene rings is 1. The van der Waals surface area contributed by atoms with Crippen LogP contribution in [-0.2, 0) is 0 Å². The molecular weight excluding hydrogens is 228 g/mol. The number of rotatable bonds is 1. The van der Waals surface area contributed by atoms with Crippen LogP contribution in [0.15, 0.2) is 35.6 Å². The number of aliphatic imine (C=N–C) groups is 1. The molecule has 1 aliphatic heterocycles. The molecule has 6 nitrogen and oxygen atoms in total. The largest absolute Gasteiger partial charge is 0.370 e. The van der Waals surface area contributed by atoms with Gasteiger partial charge >= 0.3 is 0 Å². The number of guanidine groups is 1. The van der Waals surface area contributed by atoms with E-state index in [2.05, 4.69) is 15.3 Å². The summed E-state index contributed by atoms with van der Waals surface area (Å²) in [6.45, 7) is 2.05. The highest BCUT2D eigenvalue weighted by molar-refractivity contribution is 5.94. The van der Waals surface area contributed by atoms with Crippen molar-refractivity contribution in [3.05, 3.63) is 41.9 Å². The van der Waals surface area contributed by atoms with Crippen molar-refractivity contribution in [2.24, 2.45) is 16.5 Å². The van der Waals surface area contributed by atoms with Gasteiger partial charge in [-0.1, -0.05) is 17.7 Å². The summed E-state index contributed by atoms with van der Waals surface area (Å²) in [5.41, 5.74) is 14.5. The SMILES string of the molecule is Cc1ccc(-n2cnc3c2NC(N)=NC3N)cc1. The third-order valence-corrected chi connectivity index (χ3v) is 2.91. The molecule has 0 fully saturated rings. The number of hydrogen-bond acceptors (Lipinski definition) is 5. The molecule has 0 bridgehead atoms. The highest BCUT2D eigenvalue weighted by Gasteiger charge is 2.22. The molecule has 92 valence electrons. The van der Waals surface area contributed by atoms with Gasteiger partial charge in [0.25, 0.3) is 0 Å². The normalized spacial score (nSPS) is 17.9. The Bertz CT molecular complexity index is 610. The molecule has 0 aliphatic carbocycles. The van der Waals surface area contributed by atoms with E-state index < -0.39 is 6.17 Å². The Hall–Kier alpha value is -2.34. The maximum Gasteiger partial charge on any atom is 0.196 e. The number of imidazole rings is 1. The third kappa shape index (κ3) is 1.63. The molecule has 0 amide bonds. The lowest BCUT2D eigenvalue weighted by Gasteiger charge is -2.18.